The van der Waals surface area contributed by atoms with Crippen LogP contribution in [0.4, 0.5) is 0 Å². The summed E-state index contributed by atoms with van der Waals surface area (Å²) in [7, 11) is 0. The Bertz CT molecular complexity index is 1420. The molecule has 3 heterocycles. The molecule has 0 aliphatic carbocycles. The van der Waals surface area contributed by atoms with Crippen LogP contribution in [0, 0.1) is 0 Å². The molecule has 0 unspecified atom stereocenters. The van der Waals surface area contributed by atoms with Gasteiger partial charge in [-0.3, -0.25) is 9.69 Å². The van der Waals surface area contributed by atoms with Crippen molar-refractivity contribution in [2.75, 3.05) is 6.79 Å². The maximum Gasteiger partial charge on any atom is 0.252 e. The molecular formula is C26H30N6O3. The van der Waals surface area contributed by atoms with Gasteiger partial charge in [0, 0.05) is 24.2 Å². The largest absolute Gasteiger partial charge is 0.454 e. The van der Waals surface area contributed by atoms with Crippen LogP contribution in [-0.2, 0) is 31.6 Å². The molecule has 4 aromatic rings. The van der Waals surface area contributed by atoms with Crippen molar-refractivity contribution in [3.63, 3.8) is 0 Å². The second kappa shape index (κ2) is 9.14. The number of benzene rings is 2. The summed E-state index contributed by atoms with van der Waals surface area (Å²) < 4.78 is 12.9. The van der Waals surface area contributed by atoms with Crippen molar-refractivity contribution < 1.29 is 9.47 Å². The number of aromatic nitrogens is 5. The third kappa shape index (κ3) is 4.90. The summed E-state index contributed by atoms with van der Waals surface area (Å²) in [5.41, 5.74) is 3.47. The molecule has 0 radical (unpaired) electrons. The third-order valence-corrected chi connectivity index (χ3v) is 6.17. The van der Waals surface area contributed by atoms with Gasteiger partial charge < -0.3 is 14.5 Å². The fourth-order valence-electron chi connectivity index (χ4n) is 4.37. The van der Waals surface area contributed by atoms with E-state index in [2.05, 4.69) is 65.2 Å². The molecule has 9 nitrogen and oxygen atoms in total. The Balaban J connectivity index is 1.49. The highest BCUT2D eigenvalue weighted by Gasteiger charge is 2.23. The summed E-state index contributed by atoms with van der Waals surface area (Å²) in [6.45, 7) is 10.0. The molecule has 182 valence electrons. The van der Waals surface area contributed by atoms with Crippen molar-refractivity contribution in [1.82, 2.24) is 30.1 Å². The maximum atomic E-state index is 13.0. The minimum Gasteiger partial charge on any atom is -0.454 e. The lowest BCUT2D eigenvalue weighted by atomic mass is 10.1. The van der Waals surface area contributed by atoms with Gasteiger partial charge in [-0.2, -0.15) is 0 Å². The normalized spacial score (nSPS) is 13.2. The second-order valence-electron chi connectivity index (χ2n) is 9.91. The van der Waals surface area contributed by atoms with Crippen LogP contribution in [0.25, 0.3) is 10.9 Å². The zero-order chi connectivity index (χ0) is 24.6. The van der Waals surface area contributed by atoms with Crippen LogP contribution in [-0.4, -0.2) is 36.9 Å². The van der Waals surface area contributed by atoms with E-state index in [0.29, 0.717) is 25.2 Å². The summed E-state index contributed by atoms with van der Waals surface area (Å²) in [6.07, 6.45) is 0.941. The SMILES string of the molecule is CCc1ccc2[nH]c(=O)c(CN(Cc3ccc4c(c3)OCO4)Cc3nnnn3C(C)(C)C)cc2c1. The number of hydrogen-bond acceptors (Lipinski definition) is 7. The van der Waals surface area contributed by atoms with Gasteiger partial charge in [-0.05, 0) is 84.5 Å². The molecule has 0 fully saturated rings. The second-order valence-corrected chi connectivity index (χ2v) is 9.91. The van der Waals surface area contributed by atoms with Crippen molar-refractivity contribution in [3.8, 4) is 11.5 Å². The first-order chi connectivity index (χ1) is 16.8. The van der Waals surface area contributed by atoms with Crippen molar-refractivity contribution >= 4 is 10.9 Å². The number of aromatic amines is 1. The first kappa shape index (κ1) is 23.0. The van der Waals surface area contributed by atoms with Gasteiger partial charge in [0.15, 0.2) is 17.3 Å². The minimum atomic E-state index is -0.264. The number of pyridine rings is 1. The highest BCUT2D eigenvalue weighted by molar-refractivity contribution is 5.79. The molecule has 1 aliphatic rings. The Hall–Kier alpha value is -3.72. The molecule has 0 bridgehead atoms. The van der Waals surface area contributed by atoms with Crippen LogP contribution >= 0.6 is 0 Å². The number of nitrogens with one attached hydrogen (secondary N) is 1. The van der Waals surface area contributed by atoms with Crippen LogP contribution in [0.15, 0.2) is 47.3 Å². The zero-order valence-corrected chi connectivity index (χ0v) is 20.5. The van der Waals surface area contributed by atoms with Gasteiger partial charge in [0.25, 0.3) is 5.56 Å². The molecule has 35 heavy (non-hydrogen) atoms. The first-order valence-corrected chi connectivity index (χ1v) is 11.8. The predicted octanol–water partition coefficient (Wildman–Crippen LogP) is 3.76. The van der Waals surface area contributed by atoms with Crippen molar-refractivity contribution in [1.29, 1.82) is 0 Å². The maximum absolute atomic E-state index is 13.0. The van der Waals surface area contributed by atoms with Crippen molar-refractivity contribution in [3.05, 3.63) is 75.3 Å². The third-order valence-electron chi connectivity index (χ3n) is 6.17. The van der Waals surface area contributed by atoms with E-state index in [0.717, 1.165) is 40.2 Å². The summed E-state index contributed by atoms with van der Waals surface area (Å²) in [5, 5.41) is 13.4. The minimum absolute atomic E-state index is 0.0900. The smallest absolute Gasteiger partial charge is 0.252 e. The molecule has 1 N–H and O–H groups in total. The van der Waals surface area contributed by atoms with Gasteiger partial charge in [-0.15, -0.1) is 5.10 Å². The van der Waals surface area contributed by atoms with Crippen LogP contribution in [0.1, 0.15) is 50.2 Å². The van der Waals surface area contributed by atoms with Gasteiger partial charge in [-0.25, -0.2) is 4.68 Å². The quantitative estimate of drug-likeness (QED) is 0.435. The molecule has 5 rings (SSSR count). The van der Waals surface area contributed by atoms with Crippen LogP contribution in [0.3, 0.4) is 0 Å². The zero-order valence-electron chi connectivity index (χ0n) is 20.5. The average molecular weight is 475 g/mol. The lowest BCUT2D eigenvalue weighted by Gasteiger charge is -2.25. The van der Waals surface area contributed by atoms with E-state index in [-0.39, 0.29) is 17.9 Å². The highest BCUT2D eigenvalue weighted by atomic mass is 16.7. The fraction of sp³-hybridized carbons (Fsp3) is 0.385. The molecule has 0 spiro atoms. The summed E-state index contributed by atoms with van der Waals surface area (Å²) in [6, 6.07) is 14.1. The van der Waals surface area contributed by atoms with Crippen LogP contribution in [0.5, 0.6) is 11.5 Å². The number of rotatable bonds is 7. The highest BCUT2D eigenvalue weighted by Crippen LogP contribution is 2.33. The summed E-state index contributed by atoms with van der Waals surface area (Å²) >= 11 is 0. The molecule has 9 heteroatoms. The van der Waals surface area contributed by atoms with E-state index >= 15 is 0 Å². The van der Waals surface area contributed by atoms with E-state index in [1.807, 2.05) is 35.0 Å². The summed E-state index contributed by atoms with van der Waals surface area (Å²) in [5.74, 6) is 2.22. The number of aryl methyl sites for hydroxylation is 1. The standard InChI is InChI=1S/C26H30N6O3/c1-5-17-6-8-21-19(10-17)12-20(25(33)27-21)14-31(15-24-28-29-30-32(24)26(2,3)4)13-18-7-9-22-23(11-18)35-16-34-22/h6-12H,5,13-16H2,1-4H3,(H,27,33). The Morgan fingerprint density at radius 2 is 1.80 bits per heavy atom. The Labute approximate surface area is 203 Å². The Kier molecular flexibility index (Phi) is 6.02. The number of tetrazole rings is 1. The van der Waals surface area contributed by atoms with Crippen LogP contribution in [0.2, 0.25) is 0 Å². The van der Waals surface area contributed by atoms with E-state index in [1.54, 1.807) is 0 Å². The molecule has 0 saturated heterocycles. The van der Waals surface area contributed by atoms with Gasteiger partial charge in [0.1, 0.15) is 0 Å². The first-order valence-electron chi connectivity index (χ1n) is 11.8. The number of H-pyrrole nitrogens is 1. The number of ether oxygens (including phenoxy) is 2. The Morgan fingerprint density at radius 1 is 1.00 bits per heavy atom. The number of fused-ring (bicyclic) bond motifs is 2. The molecule has 2 aromatic carbocycles. The fourth-order valence-corrected chi connectivity index (χ4v) is 4.37. The molecule has 0 amide bonds. The molecule has 2 aromatic heterocycles. The lowest BCUT2D eigenvalue weighted by molar-refractivity contribution is 0.174. The molecular weight excluding hydrogens is 444 g/mol. The van der Waals surface area contributed by atoms with Gasteiger partial charge in [0.05, 0.1) is 12.1 Å². The van der Waals surface area contributed by atoms with E-state index in [9.17, 15) is 4.79 Å². The van der Waals surface area contributed by atoms with E-state index in [4.69, 9.17) is 9.47 Å². The predicted molar refractivity (Wildman–Crippen MR) is 132 cm³/mol. The average Bonchev–Trinajstić information content (AvgIpc) is 3.48. The van der Waals surface area contributed by atoms with E-state index in [1.165, 1.54) is 5.56 Å². The molecule has 0 atom stereocenters. The van der Waals surface area contributed by atoms with Crippen LogP contribution < -0.4 is 15.0 Å². The van der Waals surface area contributed by atoms with Gasteiger partial charge in [0.2, 0.25) is 6.79 Å². The van der Waals surface area contributed by atoms with Gasteiger partial charge in [-0.1, -0.05) is 19.1 Å². The topological polar surface area (TPSA) is 98.2 Å². The van der Waals surface area contributed by atoms with Crippen molar-refractivity contribution in [2.24, 2.45) is 0 Å². The molecule has 1 aliphatic heterocycles. The van der Waals surface area contributed by atoms with Gasteiger partial charge >= 0.3 is 0 Å². The lowest BCUT2D eigenvalue weighted by Crippen LogP contribution is -2.31. The number of nitrogens with zero attached hydrogens (tertiary/aromatic N) is 5. The number of hydrogen-bond donors (Lipinski definition) is 1. The van der Waals surface area contributed by atoms with Crippen molar-refractivity contribution in [2.45, 2.75) is 59.3 Å². The Morgan fingerprint density at radius 3 is 2.60 bits per heavy atom. The molecule has 0 saturated carbocycles. The van der Waals surface area contributed by atoms with E-state index < -0.39 is 0 Å². The summed E-state index contributed by atoms with van der Waals surface area (Å²) in [4.78, 5) is 18.2. The monoisotopic (exact) mass is 474 g/mol.